The third-order valence-electron chi connectivity index (χ3n) is 5.53. The van der Waals surface area contributed by atoms with Crippen LogP contribution in [0.3, 0.4) is 0 Å². The zero-order chi connectivity index (χ0) is 12.4. The number of benzene rings is 1. The van der Waals surface area contributed by atoms with Gasteiger partial charge in [0.15, 0.2) is 0 Å². The number of fused-ring (bicyclic) bond motifs is 5. The van der Waals surface area contributed by atoms with Gasteiger partial charge in [-0.3, -0.25) is 0 Å². The van der Waals surface area contributed by atoms with Crippen molar-refractivity contribution < 1.29 is 0 Å². The van der Waals surface area contributed by atoms with Crippen molar-refractivity contribution in [2.24, 2.45) is 35.3 Å². The number of hydrogen-bond acceptors (Lipinski definition) is 1. The second-order valence-electron chi connectivity index (χ2n) is 6.26. The molecule has 18 heavy (non-hydrogen) atoms. The van der Waals surface area contributed by atoms with Gasteiger partial charge in [-0.05, 0) is 72.6 Å². The second kappa shape index (κ2) is 4.07. The third-order valence-corrected chi connectivity index (χ3v) is 6.74. The minimum atomic E-state index is 0.218. The Morgan fingerprint density at radius 2 is 1.78 bits per heavy atom. The summed E-state index contributed by atoms with van der Waals surface area (Å²) in [5.74, 6) is 4.65. The van der Waals surface area contributed by atoms with Crippen LogP contribution in [0.15, 0.2) is 27.1 Å². The Hall–Kier alpha value is 0.140. The first-order chi connectivity index (χ1) is 8.66. The summed E-state index contributed by atoms with van der Waals surface area (Å²) < 4.78 is 2.29. The highest BCUT2D eigenvalue weighted by Crippen LogP contribution is 2.72. The topological polar surface area (TPSA) is 26.0 Å². The summed E-state index contributed by atoms with van der Waals surface area (Å²) in [6, 6.07) is 6.57. The zero-order valence-electron chi connectivity index (χ0n) is 10.2. The zero-order valence-corrected chi connectivity index (χ0v) is 13.3. The average molecular weight is 371 g/mol. The van der Waals surface area contributed by atoms with E-state index in [9.17, 15) is 0 Å². The Morgan fingerprint density at radius 3 is 2.44 bits per heavy atom. The molecule has 96 valence electrons. The molecular formula is C15H17Br2N. The van der Waals surface area contributed by atoms with E-state index in [2.05, 4.69) is 50.1 Å². The fourth-order valence-corrected chi connectivity index (χ4v) is 5.74. The van der Waals surface area contributed by atoms with E-state index in [1.165, 1.54) is 24.8 Å². The van der Waals surface area contributed by atoms with E-state index in [-0.39, 0.29) is 6.04 Å². The Kier molecular flexibility index (Phi) is 2.69. The molecule has 3 aliphatic carbocycles. The fourth-order valence-electron chi connectivity index (χ4n) is 4.85. The molecule has 0 aliphatic heterocycles. The van der Waals surface area contributed by atoms with E-state index in [0.29, 0.717) is 0 Å². The minimum absolute atomic E-state index is 0.218. The van der Waals surface area contributed by atoms with Crippen molar-refractivity contribution in [1.29, 1.82) is 0 Å². The quantitative estimate of drug-likeness (QED) is 0.814. The Balaban J connectivity index is 1.61. The molecule has 1 aromatic carbocycles. The third kappa shape index (κ3) is 1.60. The van der Waals surface area contributed by atoms with Crippen LogP contribution in [0, 0.1) is 29.6 Å². The molecule has 2 N–H and O–H groups in total. The van der Waals surface area contributed by atoms with Gasteiger partial charge in [0.05, 0.1) is 0 Å². The van der Waals surface area contributed by atoms with Gasteiger partial charge in [-0.15, -0.1) is 0 Å². The predicted octanol–water partition coefficient (Wildman–Crippen LogP) is 4.50. The molecule has 1 nitrogen and oxygen atoms in total. The summed E-state index contributed by atoms with van der Waals surface area (Å²) in [6.07, 6.45) is 4.43. The normalized spacial score (nSPS) is 41.8. The van der Waals surface area contributed by atoms with Crippen molar-refractivity contribution >= 4 is 31.9 Å². The van der Waals surface area contributed by atoms with Crippen LogP contribution in [0.2, 0.25) is 0 Å². The molecule has 4 rings (SSSR count). The van der Waals surface area contributed by atoms with E-state index in [1.54, 1.807) is 0 Å². The highest BCUT2D eigenvalue weighted by Gasteiger charge is 2.66. The van der Waals surface area contributed by atoms with Crippen molar-refractivity contribution in [3.05, 3.63) is 32.7 Å². The van der Waals surface area contributed by atoms with Crippen LogP contribution >= 0.6 is 31.9 Å². The van der Waals surface area contributed by atoms with Crippen LogP contribution in [0.4, 0.5) is 0 Å². The van der Waals surface area contributed by atoms with Crippen molar-refractivity contribution in [2.75, 3.05) is 0 Å². The molecule has 5 atom stereocenters. The lowest BCUT2D eigenvalue weighted by molar-refractivity contribution is 0.417. The number of halogens is 2. The van der Waals surface area contributed by atoms with Gasteiger partial charge in [0.1, 0.15) is 0 Å². The molecule has 0 spiro atoms. The first-order valence-electron chi connectivity index (χ1n) is 6.87. The molecule has 2 bridgehead atoms. The molecule has 3 heteroatoms. The summed E-state index contributed by atoms with van der Waals surface area (Å²) in [5, 5.41) is 0. The van der Waals surface area contributed by atoms with Gasteiger partial charge in [0.2, 0.25) is 0 Å². The Bertz CT molecular complexity index is 485. The second-order valence-corrected chi connectivity index (χ2v) is 8.03. The lowest BCUT2D eigenvalue weighted by Crippen LogP contribution is -2.18. The average Bonchev–Trinajstić information content (AvgIpc) is 2.79. The van der Waals surface area contributed by atoms with Crippen LogP contribution in [0.25, 0.3) is 0 Å². The van der Waals surface area contributed by atoms with Crippen LogP contribution in [0.1, 0.15) is 30.9 Å². The molecule has 0 radical (unpaired) electrons. The lowest BCUT2D eigenvalue weighted by Gasteiger charge is -2.18. The summed E-state index contributed by atoms with van der Waals surface area (Å²) >= 11 is 7.21. The molecule has 0 saturated heterocycles. The van der Waals surface area contributed by atoms with Gasteiger partial charge >= 0.3 is 0 Å². The number of rotatable bonds is 2. The van der Waals surface area contributed by atoms with E-state index in [4.69, 9.17) is 5.73 Å². The van der Waals surface area contributed by atoms with Gasteiger partial charge in [-0.2, -0.15) is 0 Å². The first kappa shape index (κ1) is 11.9. The number of hydrogen-bond donors (Lipinski definition) is 1. The Labute approximate surface area is 125 Å². The van der Waals surface area contributed by atoms with E-state index in [0.717, 1.165) is 38.5 Å². The molecular weight excluding hydrogens is 354 g/mol. The van der Waals surface area contributed by atoms with Gasteiger partial charge in [-0.25, -0.2) is 0 Å². The van der Waals surface area contributed by atoms with Gasteiger partial charge in [0, 0.05) is 15.0 Å². The fraction of sp³-hybridized carbons (Fsp3) is 0.600. The molecule has 0 heterocycles. The van der Waals surface area contributed by atoms with E-state index in [1.807, 2.05) is 0 Å². The van der Waals surface area contributed by atoms with Gasteiger partial charge in [0.25, 0.3) is 0 Å². The van der Waals surface area contributed by atoms with Crippen molar-refractivity contribution in [2.45, 2.75) is 25.3 Å². The standard InChI is InChI=1S/C15H17Br2N/c16-9-3-4-11(17)10(6-9)15(18)14-12-7-1-2-8(5-7)13(12)14/h3-4,6-8,12-15H,1-2,5,18H2. The van der Waals surface area contributed by atoms with Gasteiger partial charge in [-0.1, -0.05) is 31.9 Å². The number of nitrogens with two attached hydrogens (primary N) is 1. The van der Waals surface area contributed by atoms with Gasteiger partial charge < -0.3 is 5.73 Å². The molecule has 1 aromatic rings. The van der Waals surface area contributed by atoms with Crippen molar-refractivity contribution in [3.63, 3.8) is 0 Å². The molecule has 3 fully saturated rings. The predicted molar refractivity (Wildman–Crippen MR) is 80.1 cm³/mol. The monoisotopic (exact) mass is 369 g/mol. The Morgan fingerprint density at radius 1 is 1.11 bits per heavy atom. The van der Waals surface area contributed by atoms with Crippen molar-refractivity contribution in [1.82, 2.24) is 0 Å². The maximum absolute atomic E-state index is 6.56. The molecule has 0 aromatic heterocycles. The minimum Gasteiger partial charge on any atom is -0.324 e. The van der Waals surface area contributed by atoms with Crippen LogP contribution < -0.4 is 5.73 Å². The van der Waals surface area contributed by atoms with E-state index >= 15 is 0 Å². The summed E-state index contributed by atoms with van der Waals surface area (Å²) in [6.45, 7) is 0. The molecule has 3 aliphatic rings. The van der Waals surface area contributed by atoms with Crippen molar-refractivity contribution in [3.8, 4) is 0 Å². The van der Waals surface area contributed by atoms with Crippen LogP contribution in [-0.2, 0) is 0 Å². The van der Waals surface area contributed by atoms with Crippen LogP contribution in [0.5, 0.6) is 0 Å². The highest BCUT2D eigenvalue weighted by molar-refractivity contribution is 9.11. The van der Waals surface area contributed by atoms with Crippen LogP contribution in [-0.4, -0.2) is 0 Å². The molecule has 0 amide bonds. The smallest absolute Gasteiger partial charge is 0.0340 e. The lowest BCUT2D eigenvalue weighted by atomic mass is 9.94. The summed E-state index contributed by atoms with van der Waals surface area (Å²) in [5.41, 5.74) is 7.84. The van der Waals surface area contributed by atoms with E-state index < -0.39 is 0 Å². The molecule has 5 unspecified atom stereocenters. The molecule has 3 saturated carbocycles. The maximum atomic E-state index is 6.56. The summed E-state index contributed by atoms with van der Waals surface area (Å²) in [7, 11) is 0. The maximum Gasteiger partial charge on any atom is 0.0340 e. The summed E-state index contributed by atoms with van der Waals surface area (Å²) in [4.78, 5) is 0. The largest absolute Gasteiger partial charge is 0.324 e. The first-order valence-corrected chi connectivity index (χ1v) is 8.46. The highest BCUT2D eigenvalue weighted by atomic mass is 79.9. The SMILES string of the molecule is NC(c1cc(Br)ccc1Br)C1C2C3CCC(C3)C21.